The van der Waals surface area contributed by atoms with E-state index in [0.29, 0.717) is 31.4 Å². The first-order valence-electron chi connectivity index (χ1n) is 11.9. The first-order valence-corrected chi connectivity index (χ1v) is 12.7. The van der Waals surface area contributed by atoms with Crippen molar-refractivity contribution in [3.63, 3.8) is 0 Å². The highest BCUT2D eigenvalue weighted by Gasteiger charge is 2.34. The molecule has 1 aromatic carbocycles. The summed E-state index contributed by atoms with van der Waals surface area (Å²) in [6.45, 7) is 6.54. The second-order valence-electron chi connectivity index (χ2n) is 9.04. The number of nitrogens with zero attached hydrogens (tertiary/aromatic N) is 2. The number of rotatable bonds is 13. The zero-order valence-electron chi connectivity index (χ0n) is 19.4. The Bertz CT molecular complexity index is 964. The van der Waals surface area contributed by atoms with E-state index in [9.17, 15) is 14.3 Å². The molecule has 8 heteroatoms. The highest BCUT2D eigenvalue weighted by atomic mass is 32.1. The summed E-state index contributed by atoms with van der Waals surface area (Å²) in [7, 11) is 0. The van der Waals surface area contributed by atoms with Gasteiger partial charge >= 0.3 is 0 Å². The van der Waals surface area contributed by atoms with Crippen LogP contribution in [0, 0.1) is 11.7 Å². The number of fused-ring (bicyclic) bond motifs is 1. The van der Waals surface area contributed by atoms with Crippen molar-refractivity contribution in [2.24, 2.45) is 5.92 Å². The second kappa shape index (κ2) is 11.9. The number of aliphatic hydroxyl groups is 1. The maximum absolute atomic E-state index is 13.6. The van der Waals surface area contributed by atoms with Gasteiger partial charge in [0.1, 0.15) is 18.2 Å². The Morgan fingerprint density at radius 1 is 1.38 bits per heavy atom. The predicted octanol–water partition coefficient (Wildman–Crippen LogP) is 3.67. The van der Waals surface area contributed by atoms with Crippen molar-refractivity contribution in [2.75, 3.05) is 46.0 Å². The SMILES string of the molecule is C=CCOC[C@@H](O)CN(CC(=O)N1CCc2sccc2[C@@H]1COc1cccc(F)c1)CC1CC1. The Labute approximate surface area is 204 Å². The quantitative estimate of drug-likeness (QED) is 0.344. The van der Waals surface area contributed by atoms with Gasteiger partial charge in [0.25, 0.3) is 0 Å². The number of hydrogen-bond acceptors (Lipinski definition) is 6. The number of carbonyl (C=O) groups is 1. The van der Waals surface area contributed by atoms with Crippen LogP contribution in [0.15, 0.2) is 48.4 Å². The highest BCUT2D eigenvalue weighted by Crippen LogP contribution is 2.34. The molecule has 1 fully saturated rings. The standard InChI is InChI=1S/C26H33FN2O4S/c1-2-11-32-17-21(30)15-28(14-19-6-7-19)16-26(31)29-10-8-25-23(9-12-34-25)24(29)18-33-22-5-3-4-20(27)13-22/h2-5,9,12-13,19,21,24,30H,1,6-8,10-11,14-18H2/t21-,24-/m0/s1. The maximum atomic E-state index is 13.6. The van der Waals surface area contributed by atoms with E-state index in [1.807, 2.05) is 10.3 Å². The fourth-order valence-electron chi connectivity index (χ4n) is 4.40. The van der Waals surface area contributed by atoms with E-state index in [1.54, 1.807) is 29.5 Å². The van der Waals surface area contributed by atoms with Gasteiger partial charge in [0.05, 0.1) is 31.9 Å². The van der Waals surface area contributed by atoms with Crippen molar-refractivity contribution in [1.82, 2.24) is 9.80 Å². The van der Waals surface area contributed by atoms with Gasteiger partial charge in [-0.05, 0) is 54.3 Å². The van der Waals surface area contributed by atoms with Crippen LogP contribution < -0.4 is 4.74 Å². The first-order chi connectivity index (χ1) is 16.5. The summed E-state index contributed by atoms with van der Waals surface area (Å²) >= 11 is 1.70. The number of thiophene rings is 1. The maximum Gasteiger partial charge on any atom is 0.237 e. The molecule has 0 unspecified atom stereocenters. The number of halogens is 1. The van der Waals surface area contributed by atoms with Gasteiger partial charge in [-0.15, -0.1) is 17.9 Å². The molecule has 34 heavy (non-hydrogen) atoms. The average molecular weight is 489 g/mol. The van der Waals surface area contributed by atoms with Crippen molar-refractivity contribution in [3.8, 4) is 5.75 Å². The van der Waals surface area contributed by atoms with Gasteiger partial charge in [0.15, 0.2) is 0 Å². The molecule has 0 radical (unpaired) electrons. The van der Waals surface area contributed by atoms with Crippen LogP contribution in [0.3, 0.4) is 0 Å². The first kappa shape index (κ1) is 24.9. The normalized spacial score (nSPS) is 18.6. The van der Waals surface area contributed by atoms with Crippen LogP contribution in [0.25, 0.3) is 0 Å². The molecule has 4 rings (SSSR count). The smallest absolute Gasteiger partial charge is 0.237 e. The number of benzene rings is 1. The van der Waals surface area contributed by atoms with Gasteiger partial charge in [-0.25, -0.2) is 4.39 Å². The van der Waals surface area contributed by atoms with Crippen LogP contribution in [-0.4, -0.2) is 72.9 Å². The fraction of sp³-hybridized carbons (Fsp3) is 0.500. The molecule has 1 amide bonds. The van der Waals surface area contributed by atoms with Crippen LogP contribution in [0.2, 0.25) is 0 Å². The summed E-state index contributed by atoms with van der Waals surface area (Å²) < 4.78 is 24.9. The molecule has 1 aromatic heterocycles. The Kier molecular flexibility index (Phi) is 8.72. The van der Waals surface area contributed by atoms with Crippen molar-refractivity contribution >= 4 is 17.2 Å². The third kappa shape index (κ3) is 6.88. The minimum absolute atomic E-state index is 0.0181. The van der Waals surface area contributed by atoms with E-state index in [1.165, 1.54) is 29.9 Å². The minimum atomic E-state index is -0.663. The van der Waals surface area contributed by atoms with E-state index < -0.39 is 6.10 Å². The van der Waals surface area contributed by atoms with Crippen molar-refractivity contribution in [3.05, 3.63) is 64.6 Å². The monoisotopic (exact) mass is 488 g/mol. The zero-order valence-corrected chi connectivity index (χ0v) is 20.2. The summed E-state index contributed by atoms with van der Waals surface area (Å²) in [6, 6.07) is 7.91. The molecule has 0 bridgehead atoms. The molecule has 2 atom stereocenters. The molecule has 1 saturated carbocycles. The largest absolute Gasteiger partial charge is 0.491 e. The number of ether oxygens (including phenoxy) is 2. The lowest BCUT2D eigenvalue weighted by molar-refractivity contribution is -0.136. The Hall–Kier alpha value is -2.26. The van der Waals surface area contributed by atoms with E-state index in [0.717, 1.165) is 18.5 Å². The molecule has 0 saturated heterocycles. The van der Waals surface area contributed by atoms with Gasteiger partial charge in [-0.1, -0.05) is 12.1 Å². The summed E-state index contributed by atoms with van der Waals surface area (Å²) in [5, 5.41) is 12.5. The van der Waals surface area contributed by atoms with Crippen LogP contribution >= 0.6 is 11.3 Å². The molecular weight excluding hydrogens is 455 g/mol. The summed E-state index contributed by atoms with van der Waals surface area (Å²) in [5.74, 6) is 0.708. The number of carbonyl (C=O) groups excluding carboxylic acids is 1. The van der Waals surface area contributed by atoms with E-state index in [2.05, 4.69) is 17.5 Å². The number of aliphatic hydroxyl groups excluding tert-OH is 1. The summed E-state index contributed by atoms with van der Waals surface area (Å²) in [6.07, 6.45) is 4.14. The minimum Gasteiger partial charge on any atom is -0.491 e. The Balaban J connectivity index is 1.42. The third-order valence-corrected chi connectivity index (χ3v) is 7.20. The molecule has 1 aliphatic heterocycles. The molecule has 184 valence electrons. The Morgan fingerprint density at radius 2 is 2.24 bits per heavy atom. The van der Waals surface area contributed by atoms with E-state index in [-0.39, 0.29) is 37.5 Å². The lowest BCUT2D eigenvalue weighted by Crippen LogP contribution is -2.48. The molecule has 1 N–H and O–H groups in total. The van der Waals surface area contributed by atoms with Crippen molar-refractivity contribution < 1.29 is 23.8 Å². The summed E-state index contributed by atoms with van der Waals surface area (Å²) in [4.78, 5) is 18.7. The van der Waals surface area contributed by atoms with Crippen molar-refractivity contribution in [1.29, 1.82) is 0 Å². The molecule has 1 aliphatic carbocycles. The van der Waals surface area contributed by atoms with Crippen LogP contribution in [-0.2, 0) is 16.0 Å². The van der Waals surface area contributed by atoms with Crippen molar-refractivity contribution in [2.45, 2.75) is 31.4 Å². The van der Waals surface area contributed by atoms with Gasteiger partial charge in [-0.3, -0.25) is 9.69 Å². The Morgan fingerprint density at radius 3 is 3.00 bits per heavy atom. The summed E-state index contributed by atoms with van der Waals surface area (Å²) in [5.41, 5.74) is 1.10. The average Bonchev–Trinajstić information content (AvgIpc) is 3.49. The molecule has 2 heterocycles. The van der Waals surface area contributed by atoms with E-state index >= 15 is 0 Å². The molecule has 6 nitrogen and oxygen atoms in total. The second-order valence-corrected chi connectivity index (χ2v) is 10.0. The molecular formula is C26H33FN2O4S. The topological polar surface area (TPSA) is 62.2 Å². The third-order valence-electron chi connectivity index (χ3n) is 6.21. The fourth-order valence-corrected chi connectivity index (χ4v) is 5.32. The van der Waals surface area contributed by atoms with Gasteiger partial charge < -0.3 is 19.5 Å². The van der Waals surface area contributed by atoms with E-state index in [4.69, 9.17) is 9.47 Å². The molecule has 2 aromatic rings. The molecule has 0 spiro atoms. The van der Waals surface area contributed by atoms with Gasteiger partial charge in [0.2, 0.25) is 5.91 Å². The van der Waals surface area contributed by atoms with Crippen LogP contribution in [0.4, 0.5) is 4.39 Å². The lowest BCUT2D eigenvalue weighted by Gasteiger charge is -2.37. The molecule has 2 aliphatic rings. The number of hydrogen-bond donors (Lipinski definition) is 1. The van der Waals surface area contributed by atoms with Gasteiger partial charge in [0, 0.05) is 30.6 Å². The lowest BCUT2D eigenvalue weighted by atomic mass is 10.0. The highest BCUT2D eigenvalue weighted by molar-refractivity contribution is 7.10. The number of amides is 1. The van der Waals surface area contributed by atoms with Crippen LogP contribution in [0.1, 0.15) is 29.3 Å². The van der Waals surface area contributed by atoms with Crippen LogP contribution in [0.5, 0.6) is 5.75 Å². The predicted molar refractivity (Wildman–Crippen MR) is 131 cm³/mol. The zero-order chi connectivity index (χ0) is 23.9. The van der Waals surface area contributed by atoms with Gasteiger partial charge in [-0.2, -0.15) is 0 Å².